The summed E-state index contributed by atoms with van der Waals surface area (Å²) in [6.07, 6.45) is 2.50. The third kappa shape index (κ3) is 4.51. The maximum Gasteiger partial charge on any atom is 0.295 e. The first-order chi connectivity index (χ1) is 17.0. The van der Waals surface area contributed by atoms with Crippen LogP contribution in [0.5, 0.6) is 0 Å². The smallest absolute Gasteiger partial charge is 0.295 e. The molecule has 0 radical (unpaired) electrons. The van der Waals surface area contributed by atoms with E-state index < -0.39 is 17.7 Å². The number of carbonyl (C=O) groups is 2. The average Bonchev–Trinajstić information content (AvgIpc) is 3.32. The number of imidazole rings is 1. The fourth-order valence-electron chi connectivity index (χ4n) is 4.95. The molecular weight excluding hydrogens is 512 g/mol. The summed E-state index contributed by atoms with van der Waals surface area (Å²) in [6.45, 7) is 6.14. The monoisotopic (exact) mass is 538 g/mol. The van der Waals surface area contributed by atoms with Crippen LogP contribution in [0.2, 0.25) is 0 Å². The van der Waals surface area contributed by atoms with Crippen LogP contribution in [0.15, 0.2) is 58.7 Å². The van der Waals surface area contributed by atoms with Gasteiger partial charge in [0.15, 0.2) is 5.76 Å². The number of ketones is 1. The number of pyridine rings is 1. The normalized spacial score (nSPS) is 20.7. The molecule has 1 atom stereocenters. The number of morpholine rings is 1. The minimum atomic E-state index is -0.689. The maximum atomic E-state index is 13.4. The third-order valence-corrected chi connectivity index (χ3v) is 7.10. The van der Waals surface area contributed by atoms with Crippen LogP contribution < -0.4 is 0 Å². The first-order valence-corrected chi connectivity index (χ1v) is 12.5. The number of amides is 1. The van der Waals surface area contributed by atoms with Gasteiger partial charge in [-0.15, -0.1) is 0 Å². The van der Waals surface area contributed by atoms with Gasteiger partial charge in [-0.3, -0.25) is 18.9 Å². The van der Waals surface area contributed by atoms with Gasteiger partial charge in [0.05, 0.1) is 30.5 Å². The van der Waals surface area contributed by atoms with E-state index in [1.807, 2.05) is 42.5 Å². The van der Waals surface area contributed by atoms with Crippen LogP contribution in [0.4, 0.5) is 0 Å². The summed E-state index contributed by atoms with van der Waals surface area (Å²) < 4.78 is 7.99. The fourth-order valence-corrected chi connectivity index (χ4v) is 5.37. The lowest BCUT2D eigenvalue weighted by molar-refractivity contribution is -0.140. The molecule has 0 spiro atoms. The van der Waals surface area contributed by atoms with Crippen molar-refractivity contribution in [3.63, 3.8) is 0 Å². The molecule has 1 aromatic carbocycles. The Bertz CT molecular complexity index is 1310. The molecule has 0 unspecified atom stereocenters. The molecule has 4 heterocycles. The minimum absolute atomic E-state index is 0.0909. The van der Waals surface area contributed by atoms with Gasteiger partial charge in [-0.25, -0.2) is 4.98 Å². The van der Waals surface area contributed by atoms with Gasteiger partial charge in [0, 0.05) is 36.8 Å². The molecule has 0 bridgehead atoms. The number of ether oxygens (including phenoxy) is 1. The van der Waals surface area contributed by atoms with Crippen LogP contribution >= 0.6 is 15.9 Å². The minimum Gasteiger partial charge on any atom is -0.505 e. The highest BCUT2D eigenvalue weighted by Gasteiger charge is 2.46. The molecule has 0 aliphatic carbocycles. The summed E-state index contributed by atoms with van der Waals surface area (Å²) in [7, 11) is 0. The number of halogens is 1. The number of hydrogen-bond donors (Lipinski definition) is 1. The van der Waals surface area contributed by atoms with Crippen molar-refractivity contribution in [3.8, 4) is 0 Å². The topological polar surface area (TPSA) is 87.4 Å². The maximum absolute atomic E-state index is 13.4. The summed E-state index contributed by atoms with van der Waals surface area (Å²) in [5.74, 6) is -1.48. The molecule has 2 aliphatic rings. The number of aromatic nitrogens is 2. The van der Waals surface area contributed by atoms with E-state index in [-0.39, 0.29) is 11.3 Å². The van der Waals surface area contributed by atoms with E-state index in [2.05, 4.69) is 25.8 Å². The van der Waals surface area contributed by atoms with E-state index >= 15 is 0 Å². The summed E-state index contributed by atoms with van der Waals surface area (Å²) in [5, 5.41) is 11.5. The number of rotatable bonds is 6. The molecule has 1 amide bonds. The Labute approximate surface area is 211 Å². The molecule has 2 aliphatic heterocycles. The lowest BCUT2D eigenvalue weighted by atomic mass is 9.96. The molecule has 0 saturated carbocycles. The lowest BCUT2D eigenvalue weighted by Crippen LogP contribution is -2.38. The predicted octanol–water partition coefficient (Wildman–Crippen LogP) is 3.55. The van der Waals surface area contributed by atoms with E-state index in [1.165, 1.54) is 0 Å². The van der Waals surface area contributed by atoms with E-state index in [0.29, 0.717) is 43.2 Å². The van der Waals surface area contributed by atoms with Gasteiger partial charge in [-0.05, 0) is 43.2 Å². The zero-order chi connectivity index (χ0) is 24.5. The fraction of sp³-hybridized carbons (Fsp3) is 0.346. The Morgan fingerprint density at radius 1 is 1.14 bits per heavy atom. The second kappa shape index (κ2) is 9.93. The van der Waals surface area contributed by atoms with Crippen LogP contribution in [-0.4, -0.2) is 75.4 Å². The van der Waals surface area contributed by atoms with E-state index in [4.69, 9.17) is 4.74 Å². The highest BCUT2D eigenvalue weighted by atomic mass is 79.9. The van der Waals surface area contributed by atoms with Crippen molar-refractivity contribution >= 4 is 39.0 Å². The van der Waals surface area contributed by atoms with Crippen molar-refractivity contribution in [2.45, 2.75) is 19.4 Å². The second-order valence-corrected chi connectivity index (χ2v) is 9.75. The number of benzene rings is 1. The average molecular weight is 539 g/mol. The molecule has 3 aromatic rings. The Morgan fingerprint density at radius 2 is 1.94 bits per heavy atom. The van der Waals surface area contributed by atoms with Gasteiger partial charge in [0.2, 0.25) is 0 Å². The summed E-state index contributed by atoms with van der Waals surface area (Å²) >= 11 is 3.50. The lowest BCUT2D eigenvalue weighted by Gasteiger charge is -2.29. The number of aryl methyl sites for hydroxylation is 1. The number of likely N-dealkylation sites (tertiary alicyclic amines) is 1. The standard InChI is InChI=1S/C26H27BrN4O4/c1-17-22(30-10-3-2-8-20(30)28-17)24(32)21-23(18-6-4-7-19(27)16-18)31(26(34)25(21)33)11-5-9-29-12-14-35-15-13-29/h2-4,6-8,10,16,23,32H,5,9,11-15H2,1H3/t23-/m0/s1. The van der Waals surface area contributed by atoms with Crippen molar-refractivity contribution < 1.29 is 19.4 Å². The van der Waals surface area contributed by atoms with Crippen molar-refractivity contribution in [1.29, 1.82) is 0 Å². The van der Waals surface area contributed by atoms with Crippen LogP contribution in [0.1, 0.15) is 29.4 Å². The first kappa shape index (κ1) is 23.7. The van der Waals surface area contributed by atoms with Gasteiger partial charge in [0.1, 0.15) is 11.3 Å². The van der Waals surface area contributed by atoms with Gasteiger partial charge in [-0.2, -0.15) is 0 Å². The first-order valence-electron chi connectivity index (χ1n) is 11.7. The summed E-state index contributed by atoms with van der Waals surface area (Å²) in [5.41, 5.74) is 2.52. The highest BCUT2D eigenvalue weighted by molar-refractivity contribution is 9.10. The third-order valence-electron chi connectivity index (χ3n) is 6.61. The Kier molecular flexibility index (Phi) is 6.73. The number of hydrogen-bond acceptors (Lipinski definition) is 6. The zero-order valence-electron chi connectivity index (χ0n) is 19.5. The van der Waals surface area contributed by atoms with Crippen LogP contribution in [0.25, 0.3) is 11.4 Å². The predicted molar refractivity (Wildman–Crippen MR) is 135 cm³/mol. The molecule has 9 heteroatoms. The summed E-state index contributed by atoms with van der Waals surface area (Å²) in [4.78, 5) is 35.0. The van der Waals surface area contributed by atoms with Crippen molar-refractivity contribution in [2.24, 2.45) is 0 Å². The Hall–Kier alpha value is -3.01. The molecule has 1 N–H and O–H groups in total. The molecule has 2 aromatic heterocycles. The van der Waals surface area contributed by atoms with Crippen LogP contribution in [0.3, 0.4) is 0 Å². The molecule has 5 rings (SSSR count). The SMILES string of the molecule is Cc1nc2ccccn2c1C(O)=C1C(=O)C(=O)N(CCCN2CCOCC2)[C@H]1c1cccc(Br)c1. The number of fused-ring (bicyclic) bond motifs is 1. The summed E-state index contributed by atoms with van der Waals surface area (Å²) in [6, 6.07) is 12.4. The molecular formula is C26H27BrN4O4. The van der Waals surface area contributed by atoms with Crippen molar-refractivity contribution in [2.75, 3.05) is 39.4 Å². The Balaban J connectivity index is 1.55. The molecule has 2 saturated heterocycles. The second-order valence-electron chi connectivity index (χ2n) is 8.83. The van der Waals surface area contributed by atoms with Gasteiger partial charge < -0.3 is 14.7 Å². The van der Waals surface area contributed by atoms with Crippen molar-refractivity contribution in [3.05, 3.63) is 75.7 Å². The molecule has 35 heavy (non-hydrogen) atoms. The number of Topliss-reactive ketones (excluding diaryl/α,β-unsaturated/α-hetero) is 1. The number of aliphatic hydroxyl groups excluding tert-OH is 1. The van der Waals surface area contributed by atoms with Crippen molar-refractivity contribution in [1.82, 2.24) is 19.2 Å². The number of aliphatic hydroxyl groups is 1. The van der Waals surface area contributed by atoms with Crippen LogP contribution in [-0.2, 0) is 14.3 Å². The highest BCUT2D eigenvalue weighted by Crippen LogP contribution is 2.40. The number of carbonyl (C=O) groups excluding carboxylic acids is 2. The molecule has 182 valence electrons. The van der Waals surface area contributed by atoms with E-state index in [1.54, 1.807) is 22.4 Å². The molecule has 2 fully saturated rings. The van der Waals surface area contributed by atoms with Gasteiger partial charge in [0.25, 0.3) is 11.7 Å². The quantitative estimate of drug-likeness (QED) is 0.293. The zero-order valence-corrected chi connectivity index (χ0v) is 21.1. The Morgan fingerprint density at radius 3 is 2.71 bits per heavy atom. The van der Waals surface area contributed by atoms with Gasteiger partial charge >= 0.3 is 0 Å². The van der Waals surface area contributed by atoms with Crippen LogP contribution in [0, 0.1) is 6.92 Å². The number of nitrogens with zero attached hydrogens (tertiary/aromatic N) is 4. The van der Waals surface area contributed by atoms with E-state index in [0.717, 1.165) is 29.7 Å². The van der Waals surface area contributed by atoms with E-state index in [9.17, 15) is 14.7 Å². The van der Waals surface area contributed by atoms with Gasteiger partial charge in [-0.1, -0.05) is 34.1 Å². The largest absolute Gasteiger partial charge is 0.505 e. The molecule has 8 nitrogen and oxygen atoms in total.